The number of amides is 2. The summed E-state index contributed by atoms with van der Waals surface area (Å²) in [5, 5.41) is 3.48. The molecule has 0 radical (unpaired) electrons. The summed E-state index contributed by atoms with van der Waals surface area (Å²) in [5.74, 6) is -0.212. The molecule has 0 spiro atoms. The SMILES string of the molecule is CN(C)C(=O)c1cccc(NC(=O)CCc2ccccc2Cl)c1. The molecular weight excluding hydrogens is 312 g/mol. The third kappa shape index (κ3) is 4.83. The van der Waals surface area contributed by atoms with Crippen LogP contribution in [0.15, 0.2) is 48.5 Å². The molecule has 0 unspecified atom stereocenters. The summed E-state index contributed by atoms with van der Waals surface area (Å²) in [6, 6.07) is 14.4. The van der Waals surface area contributed by atoms with Crippen LogP contribution in [0.25, 0.3) is 0 Å². The summed E-state index contributed by atoms with van der Waals surface area (Å²) in [4.78, 5) is 25.5. The van der Waals surface area contributed by atoms with E-state index in [0.29, 0.717) is 29.1 Å². The van der Waals surface area contributed by atoms with Crippen molar-refractivity contribution in [3.05, 3.63) is 64.7 Å². The Morgan fingerprint density at radius 1 is 1.09 bits per heavy atom. The van der Waals surface area contributed by atoms with Crippen LogP contribution in [0, 0.1) is 0 Å². The molecule has 4 nitrogen and oxygen atoms in total. The fourth-order valence-corrected chi connectivity index (χ4v) is 2.39. The lowest BCUT2D eigenvalue weighted by molar-refractivity contribution is -0.116. The molecule has 0 heterocycles. The molecular formula is C18H19ClN2O2. The summed E-state index contributed by atoms with van der Waals surface area (Å²) < 4.78 is 0. The molecule has 0 saturated heterocycles. The Hall–Kier alpha value is -2.33. The highest BCUT2D eigenvalue weighted by molar-refractivity contribution is 6.31. The molecule has 0 aliphatic carbocycles. The molecule has 0 aromatic heterocycles. The molecule has 2 aromatic carbocycles. The van der Waals surface area contributed by atoms with E-state index in [1.807, 2.05) is 24.3 Å². The fraction of sp³-hybridized carbons (Fsp3) is 0.222. The van der Waals surface area contributed by atoms with Crippen molar-refractivity contribution in [3.63, 3.8) is 0 Å². The van der Waals surface area contributed by atoms with E-state index in [-0.39, 0.29) is 11.8 Å². The largest absolute Gasteiger partial charge is 0.345 e. The zero-order chi connectivity index (χ0) is 16.8. The van der Waals surface area contributed by atoms with Crippen molar-refractivity contribution < 1.29 is 9.59 Å². The van der Waals surface area contributed by atoms with E-state index in [2.05, 4.69) is 5.32 Å². The minimum absolute atomic E-state index is 0.0998. The molecule has 2 rings (SSSR count). The van der Waals surface area contributed by atoms with Crippen LogP contribution in [-0.2, 0) is 11.2 Å². The van der Waals surface area contributed by atoms with Crippen molar-refractivity contribution in [1.82, 2.24) is 4.90 Å². The summed E-state index contributed by atoms with van der Waals surface area (Å²) in [5.41, 5.74) is 2.10. The molecule has 0 saturated carbocycles. The Labute approximate surface area is 141 Å². The zero-order valence-electron chi connectivity index (χ0n) is 13.2. The quantitative estimate of drug-likeness (QED) is 0.910. The van der Waals surface area contributed by atoms with Crippen LogP contribution < -0.4 is 5.32 Å². The van der Waals surface area contributed by atoms with Gasteiger partial charge in [-0.1, -0.05) is 35.9 Å². The summed E-state index contributed by atoms with van der Waals surface area (Å²) in [7, 11) is 3.38. The minimum Gasteiger partial charge on any atom is -0.345 e. The highest BCUT2D eigenvalue weighted by Gasteiger charge is 2.10. The van der Waals surface area contributed by atoms with Crippen molar-refractivity contribution in [3.8, 4) is 0 Å². The van der Waals surface area contributed by atoms with Gasteiger partial charge in [0.05, 0.1) is 0 Å². The number of anilines is 1. The second-order valence-corrected chi connectivity index (χ2v) is 5.83. The van der Waals surface area contributed by atoms with Crippen molar-refractivity contribution in [2.45, 2.75) is 12.8 Å². The maximum absolute atomic E-state index is 12.1. The highest BCUT2D eigenvalue weighted by Crippen LogP contribution is 2.17. The Morgan fingerprint density at radius 2 is 1.83 bits per heavy atom. The Kier molecular flexibility index (Phi) is 5.77. The fourth-order valence-electron chi connectivity index (χ4n) is 2.16. The molecule has 0 aliphatic heterocycles. The number of carbonyl (C=O) groups excluding carboxylic acids is 2. The monoisotopic (exact) mass is 330 g/mol. The first-order chi connectivity index (χ1) is 11.0. The maximum atomic E-state index is 12.1. The van der Waals surface area contributed by atoms with Gasteiger partial charge in [0.1, 0.15) is 0 Å². The van der Waals surface area contributed by atoms with E-state index in [4.69, 9.17) is 11.6 Å². The first kappa shape index (κ1) is 17.0. The first-order valence-electron chi connectivity index (χ1n) is 7.32. The molecule has 0 aliphatic rings. The predicted octanol–water partition coefficient (Wildman–Crippen LogP) is 3.61. The van der Waals surface area contributed by atoms with Gasteiger partial charge >= 0.3 is 0 Å². The first-order valence-corrected chi connectivity index (χ1v) is 7.70. The van der Waals surface area contributed by atoms with E-state index in [1.165, 1.54) is 4.90 Å². The van der Waals surface area contributed by atoms with Crippen LogP contribution in [0.3, 0.4) is 0 Å². The summed E-state index contributed by atoms with van der Waals surface area (Å²) in [6.07, 6.45) is 0.900. The number of benzene rings is 2. The van der Waals surface area contributed by atoms with Crippen LogP contribution in [0.1, 0.15) is 22.3 Å². The smallest absolute Gasteiger partial charge is 0.253 e. The van der Waals surface area contributed by atoms with Gasteiger partial charge in [0, 0.05) is 36.8 Å². The van der Waals surface area contributed by atoms with Gasteiger partial charge < -0.3 is 10.2 Å². The van der Waals surface area contributed by atoms with E-state index in [1.54, 1.807) is 38.4 Å². The number of hydrogen-bond donors (Lipinski definition) is 1. The normalized spacial score (nSPS) is 10.2. The lowest BCUT2D eigenvalue weighted by atomic mass is 10.1. The van der Waals surface area contributed by atoms with Crippen molar-refractivity contribution in [1.29, 1.82) is 0 Å². The molecule has 2 aromatic rings. The molecule has 0 atom stereocenters. The third-order valence-electron chi connectivity index (χ3n) is 3.38. The lowest BCUT2D eigenvalue weighted by Crippen LogP contribution is -2.22. The van der Waals surface area contributed by atoms with Gasteiger partial charge in [-0.15, -0.1) is 0 Å². The van der Waals surface area contributed by atoms with Gasteiger partial charge in [0.25, 0.3) is 5.91 Å². The number of carbonyl (C=O) groups is 2. The van der Waals surface area contributed by atoms with Gasteiger partial charge in [0.2, 0.25) is 5.91 Å². The van der Waals surface area contributed by atoms with Crippen LogP contribution in [-0.4, -0.2) is 30.8 Å². The van der Waals surface area contributed by atoms with Crippen molar-refractivity contribution in [2.24, 2.45) is 0 Å². The number of aryl methyl sites for hydroxylation is 1. The van der Waals surface area contributed by atoms with E-state index in [9.17, 15) is 9.59 Å². The standard InChI is InChI=1S/C18H19ClN2O2/c1-21(2)18(23)14-7-5-8-15(12-14)20-17(22)11-10-13-6-3-4-9-16(13)19/h3-9,12H,10-11H2,1-2H3,(H,20,22). The van der Waals surface area contributed by atoms with Gasteiger partial charge in [-0.3, -0.25) is 9.59 Å². The molecule has 2 amide bonds. The summed E-state index contributed by atoms with van der Waals surface area (Å²) >= 11 is 6.08. The van der Waals surface area contributed by atoms with Crippen molar-refractivity contribution >= 4 is 29.1 Å². The number of nitrogens with zero attached hydrogens (tertiary/aromatic N) is 1. The van der Waals surface area contributed by atoms with E-state index >= 15 is 0 Å². The minimum atomic E-state index is -0.112. The van der Waals surface area contributed by atoms with Crippen LogP contribution in [0.5, 0.6) is 0 Å². The number of hydrogen-bond acceptors (Lipinski definition) is 2. The number of rotatable bonds is 5. The molecule has 1 N–H and O–H groups in total. The average molecular weight is 331 g/mol. The average Bonchev–Trinajstić information content (AvgIpc) is 2.53. The molecule has 23 heavy (non-hydrogen) atoms. The van der Waals surface area contributed by atoms with Gasteiger partial charge in [-0.25, -0.2) is 0 Å². The van der Waals surface area contributed by atoms with Crippen LogP contribution >= 0.6 is 11.6 Å². The highest BCUT2D eigenvalue weighted by atomic mass is 35.5. The van der Waals surface area contributed by atoms with Gasteiger partial charge in [0.15, 0.2) is 0 Å². The number of halogens is 1. The predicted molar refractivity (Wildman–Crippen MR) is 92.9 cm³/mol. The second kappa shape index (κ2) is 7.79. The van der Waals surface area contributed by atoms with Gasteiger partial charge in [-0.05, 0) is 36.2 Å². The van der Waals surface area contributed by atoms with E-state index in [0.717, 1.165) is 5.56 Å². The van der Waals surface area contributed by atoms with Crippen LogP contribution in [0.4, 0.5) is 5.69 Å². The van der Waals surface area contributed by atoms with Crippen LogP contribution in [0.2, 0.25) is 5.02 Å². The lowest BCUT2D eigenvalue weighted by Gasteiger charge is -2.12. The van der Waals surface area contributed by atoms with Gasteiger partial charge in [-0.2, -0.15) is 0 Å². The molecule has 5 heteroatoms. The Balaban J connectivity index is 1.97. The Bertz CT molecular complexity index is 714. The molecule has 120 valence electrons. The number of nitrogens with one attached hydrogen (secondary N) is 1. The summed E-state index contributed by atoms with van der Waals surface area (Å²) in [6.45, 7) is 0. The Morgan fingerprint density at radius 3 is 2.52 bits per heavy atom. The second-order valence-electron chi connectivity index (χ2n) is 5.42. The third-order valence-corrected chi connectivity index (χ3v) is 3.75. The molecule has 0 bridgehead atoms. The topological polar surface area (TPSA) is 49.4 Å². The zero-order valence-corrected chi connectivity index (χ0v) is 13.9. The van der Waals surface area contributed by atoms with Crippen molar-refractivity contribution in [2.75, 3.05) is 19.4 Å². The maximum Gasteiger partial charge on any atom is 0.253 e. The molecule has 0 fully saturated rings. The van der Waals surface area contributed by atoms with E-state index < -0.39 is 0 Å².